The van der Waals surface area contributed by atoms with Crippen LogP contribution in [0.25, 0.3) is 0 Å². The van der Waals surface area contributed by atoms with Gasteiger partial charge in [-0.05, 0) is 71.9 Å². The van der Waals surface area contributed by atoms with E-state index in [1.54, 1.807) is 11.3 Å². The Kier molecular flexibility index (Phi) is 5.55. The first-order valence-electron chi connectivity index (χ1n) is 9.61. The predicted octanol–water partition coefficient (Wildman–Crippen LogP) is 2.59. The van der Waals surface area contributed by atoms with Gasteiger partial charge in [-0.2, -0.15) is 11.3 Å². The Balaban J connectivity index is 1.53. The van der Waals surface area contributed by atoms with Gasteiger partial charge in [0.15, 0.2) is 0 Å². The second kappa shape index (κ2) is 8.23. The van der Waals surface area contributed by atoms with Crippen molar-refractivity contribution in [2.75, 3.05) is 24.5 Å². The van der Waals surface area contributed by atoms with Crippen molar-refractivity contribution in [1.29, 1.82) is 0 Å². The molecule has 3 heterocycles. The topological polar surface area (TPSA) is 52.7 Å². The summed E-state index contributed by atoms with van der Waals surface area (Å²) in [6.45, 7) is 3.98. The summed E-state index contributed by atoms with van der Waals surface area (Å²) in [6, 6.07) is 7.76. The fourth-order valence-electron chi connectivity index (χ4n) is 4.20. The van der Waals surface area contributed by atoms with E-state index in [9.17, 15) is 9.59 Å². The Morgan fingerprint density at radius 1 is 1.22 bits per heavy atom. The molecule has 142 valence electrons. The first-order chi connectivity index (χ1) is 13.3. The van der Waals surface area contributed by atoms with Crippen LogP contribution in [0.5, 0.6) is 0 Å². The van der Waals surface area contributed by atoms with Gasteiger partial charge in [-0.15, -0.1) is 0 Å². The highest BCUT2D eigenvalue weighted by Gasteiger charge is 2.31. The van der Waals surface area contributed by atoms with Crippen molar-refractivity contribution in [3.63, 3.8) is 0 Å². The number of benzene rings is 1. The van der Waals surface area contributed by atoms with E-state index in [0.29, 0.717) is 19.4 Å². The first-order valence-corrected chi connectivity index (χ1v) is 10.6. The molecule has 2 amide bonds. The normalized spacial score (nSPS) is 17.7. The molecule has 27 heavy (non-hydrogen) atoms. The number of amides is 2. The summed E-state index contributed by atoms with van der Waals surface area (Å²) in [7, 11) is 0. The van der Waals surface area contributed by atoms with E-state index < -0.39 is 6.04 Å². The first kappa shape index (κ1) is 18.2. The van der Waals surface area contributed by atoms with E-state index in [1.807, 2.05) is 27.8 Å². The third kappa shape index (κ3) is 3.92. The van der Waals surface area contributed by atoms with Crippen molar-refractivity contribution < 1.29 is 9.59 Å². The SMILES string of the molecule is O=CNC(Cc1ccsc1)C(=O)N1CCc2c(CN3CCCC3)cccc21. The minimum Gasteiger partial charge on any atom is -0.347 e. The van der Waals surface area contributed by atoms with Gasteiger partial charge in [0.1, 0.15) is 6.04 Å². The van der Waals surface area contributed by atoms with Crippen LogP contribution in [0.1, 0.15) is 29.5 Å². The molecular formula is C21H25N3O2S. The molecule has 1 atom stereocenters. The van der Waals surface area contributed by atoms with Crippen LogP contribution in [0.3, 0.4) is 0 Å². The molecule has 1 saturated heterocycles. The molecule has 1 aromatic carbocycles. The molecule has 2 aliphatic heterocycles. The highest BCUT2D eigenvalue weighted by Crippen LogP contribution is 2.32. The molecule has 6 heteroatoms. The van der Waals surface area contributed by atoms with E-state index in [4.69, 9.17) is 0 Å². The maximum atomic E-state index is 13.2. The predicted molar refractivity (Wildman–Crippen MR) is 108 cm³/mol. The van der Waals surface area contributed by atoms with E-state index >= 15 is 0 Å². The number of likely N-dealkylation sites (tertiary alicyclic amines) is 1. The van der Waals surface area contributed by atoms with Crippen molar-refractivity contribution in [1.82, 2.24) is 10.2 Å². The van der Waals surface area contributed by atoms with Crippen LogP contribution in [-0.4, -0.2) is 42.9 Å². The summed E-state index contributed by atoms with van der Waals surface area (Å²) in [6.07, 6.45) is 4.61. The quantitative estimate of drug-likeness (QED) is 0.748. The maximum absolute atomic E-state index is 13.2. The summed E-state index contributed by atoms with van der Waals surface area (Å²) in [5.41, 5.74) is 4.72. The Bertz CT molecular complexity index is 800. The van der Waals surface area contributed by atoms with Crippen LogP contribution < -0.4 is 10.2 Å². The Labute approximate surface area is 164 Å². The van der Waals surface area contributed by atoms with Gasteiger partial charge in [-0.1, -0.05) is 12.1 Å². The third-order valence-corrected chi connectivity index (χ3v) is 6.30. The molecule has 0 aliphatic carbocycles. The monoisotopic (exact) mass is 383 g/mol. The standard InChI is InChI=1S/C21H25N3O2S/c25-15-22-19(12-16-7-11-27-14-16)21(26)24-10-6-18-17(4-3-5-20(18)24)13-23-8-1-2-9-23/h3-5,7,11,14-15,19H,1-2,6,8-10,12-13H2,(H,22,25). The summed E-state index contributed by atoms with van der Waals surface area (Å²) in [4.78, 5) is 28.6. The van der Waals surface area contributed by atoms with Crippen molar-refractivity contribution >= 4 is 29.3 Å². The number of carbonyl (C=O) groups excluding carboxylic acids is 2. The van der Waals surface area contributed by atoms with Gasteiger partial charge < -0.3 is 10.2 Å². The summed E-state index contributed by atoms with van der Waals surface area (Å²) in [5, 5.41) is 6.75. The van der Waals surface area contributed by atoms with E-state index in [-0.39, 0.29) is 5.91 Å². The number of hydrogen-bond acceptors (Lipinski definition) is 4. The van der Waals surface area contributed by atoms with Crippen LogP contribution in [-0.2, 0) is 29.0 Å². The number of anilines is 1. The Morgan fingerprint density at radius 2 is 2.07 bits per heavy atom. The lowest BCUT2D eigenvalue weighted by atomic mass is 10.0. The summed E-state index contributed by atoms with van der Waals surface area (Å²) >= 11 is 1.60. The Hall–Kier alpha value is -2.18. The zero-order chi connectivity index (χ0) is 18.6. The lowest BCUT2D eigenvalue weighted by Crippen LogP contribution is -2.47. The maximum Gasteiger partial charge on any atom is 0.249 e. The number of nitrogens with one attached hydrogen (secondary N) is 1. The highest BCUT2D eigenvalue weighted by molar-refractivity contribution is 7.07. The molecule has 1 N–H and O–H groups in total. The molecule has 2 aromatic rings. The molecular weight excluding hydrogens is 358 g/mol. The number of carbonyl (C=O) groups is 2. The Morgan fingerprint density at radius 3 is 2.81 bits per heavy atom. The molecule has 0 bridgehead atoms. The number of rotatable bonds is 7. The second-order valence-corrected chi connectivity index (χ2v) is 8.09. The third-order valence-electron chi connectivity index (χ3n) is 5.57. The minimum absolute atomic E-state index is 0.0228. The van der Waals surface area contributed by atoms with Crippen LogP contribution in [0.4, 0.5) is 5.69 Å². The van der Waals surface area contributed by atoms with Crippen LogP contribution in [0.2, 0.25) is 0 Å². The van der Waals surface area contributed by atoms with Crippen molar-refractivity contribution in [2.45, 2.75) is 38.3 Å². The van der Waals surface area contributed by atoms with Gasteiger partial charge in [0.2, 0.25) is 12.3 Å². The van der Waals surface area contributed by atoms with Gasteiger partial charge in [0, 0.05) is 25.2 Å². The number of fused-ring (bicyclic) bond motifs is 1. The smallest absolute Gasteiger partial charge is 0.249 e. The second-order valence-electron chi connectivity index (χ2n) is 7.31. The zero-order valence-electron chi connectivity index (χ0n) is 15.4. The molecule has 0 radical (unpaired) electrons. The minimum atomic E-state index is -0.523. The van der Waals surface area contributed by atoms with E-state index in [0.717, 1.165) is 37.3 Å². The summed E-state index contributed by atoms with van der Waals surface area (Å²) in [5.74, 6) is -0.0228. The van der Waals surface area contributed by atoms with Crippen molar-refractivity contribution in [2.24, 2.45) is 0 Å². The van der Waals surface area contributed by atoms with Gasteiger partial charge in [0.25, 0.3) is 0 Å². The molecule has 2 aliphatic rings. The molecule has 5 nitrogen and oxygen atoms in total. The molecule has 1 unspecified atom stereocenters. The van der Waals surface area contributed by atoms with Gasteiger partial charge in [-0.25, -0.2) is 0 Å². The van der Waals surface area contributed by atoms with Gasteiger partial charge in [-0.3, -0.25) is 14.5 Å². The van der Waals surface area contributed by atoms with Crippen LogP contribution in [0.15, 0.2) is 35.0 Å². The van der Waals surface area contributed by atoms with Crippen LogP contribution in [0, 0.1) is 0 Å². The fraction of sp³-hybridized carbons (Fsp3) is 0.429. The molecule has 1 fully saturated rings. The van der Waals surface area contributed by atoms with Gasteiger partial charge in [0.05, 0.1) is 0 Å². The van der Waals surface area contributed by atoms with E-state index in [1.165, 1.54) is 24.0 Å². The zero-order valence-corrected chi connectivity index (χ0v) is 16.2. The van der Waals surface area contributed by atoms with E-state index in [2.05, 4.69) is 22.3 Å². The highest BCUT2D eigenvalue weighted by atomic mass is 32.1. The number of thiophene rings is 1. The molecule has 1 aromatic heterocycles. The lowest BCUT2D eigenvalue weighted by Gasteiger charge is -2.24. The lowest BCUT2D eigenvalue weighted by molar-refractivity contribution is -0.123. The largest absolute Gasteiger partial charge is 0.347 e. The number of nitrogens with zero attached hydrogens (tertiary/aromatic N) is 2. The van der Waals surface area contributed by atoms with Gasteiger partial charge >= 0.3 is 0 Å². The van der Waals surface area contributed by atoms with Crippen LogP contribution >= 0.6 is 11.3 Å². The number of hydrogen-bond donors (Lipinski definition) is 1. The van der Waals surface area contributed by atoms with Crippen molar-refractivity contribution in [3.05, 3.63) is 51.7 Å². The fourth-order valence-corrected chi connectivity index (χ4v) is 4.88. The average molecular weight is 384 g/mol. The van der Waals surface area contributed by atoms with Crippen molar-refractivity contribution in [3.8, 4) is 0 Å². The molecule has 4 rings (SSSR count). The average Bonchev–Trinajstić information content (AvgIpc) is 3.43. The molecule has 0 spiro atoms. The molecule has 0 saturated carbocycles. The summed E-state index contributed by atoms with van der Waals surface area (Å²) < 4.78 is 0.